The Morgan fingerprint density at radius 3 is 2.40 bits per heavy atom. The first kappa shape index (κ1) is 13.9. The summed E-state index contributed by atoms with van der Waals surface area (Å²) in [6.07, 6.45) is 8.97. The van der Waals surface area contributed by atoms with Crippen LogP contribution in [-0.2, 0) is 0 Å². The highest BCUT2D eigenvalue weighted by molar-refractivity contribution is 6.08. The van der Waals surface area contributed by atoms with Crippen LogP contribution in [0.5, 0.6) is 0 Å². The lowest BCUT2D eigenvalue weighted by Gasteiger charge is -2.08. The Morgan fingerprint density at radius 2 is 2.00 bits per heavy atom. The fourth-order valence-electron chi connectivity index (χ4n) is 1.45. The third-order valence-electron chi connectivity index (χ3n) is 1.95. The van der Waals surface area contributed by atoms with Gasteiger partial charge in [0.05, 0.1) is 5.71 Å². The van der Waals surface area contributed by atoms with Crippen LogP contribution < -0.4 is 5.73 Å². The minimum Gasteiger partial charge on any atom is -0.405 e. The van der Waals surface area contributed by atoms with Crippen molar-refractivity contribution < 1.29 is 0 Å². The number of hydrogen-bond donors (Lipinski definition) is 1. The van der Waals surface area contributed by atoms with Gasteiger partial charge in [-0.1, -0.05) is 26.3 Å². The average molecular weight is 208 g/mol. The monoisotopic (exact) mass is 208 g/mol. The quantitative estimate of drug-likeness (QED) is 0.667. The Hall–Kier alpha value is -1.05. The zero-order valence-electron chi connectivity index (χ0n) is 10.5. The molecule has 2 heteroatoms. The molecule has 0 atom stereocenters. The molecule has 0 rings (SSSR count). The van der Waals surface area contributed by atoms with Crippen molar-refractivity contribution >= 4 is 5.71 Å². The molecule has 0 bridgehead atoms. The van der Waals surface area contributed by atoms with E-state index in [1.165, 1.54) is 5.57 Å². The van der Waals surface area contributed by atoms with Gasteiger partial charge in [0.15, 0.2) is 0 Å². The number of nitrogens with two attached hydrogens (primary N) is 1. The predicted octanol–water partition coefficient (Wildman–Crippen LogP) is 3.44. The highest BCUT2D eigenvalue weighted by Crippen LogP contribution is 2.11. The second-order valence-corrected chi connectivity index (χ2v) is 3.85. The van der Waals surface area contributed by atoms with Gasteiger partial charge in [0, 0.05) is 6.04 Å². The molecule has 86 valence electrons. The van der Waals surface area contributed by atoms with E-state index >= 15 is 0 Å². The van der Waals surface area contributed by atoms with E-state index in [9.17, 15) is 0 Å². The fraction of sp³-hybridized carbons (Fsp3) is 0.615. The molecule has 0 unspecified atom stereocenters. The molecule has 0 radical (unpaired) electrons. The van der Waals surface area contributed by atoms with E-state index < -0.39 is 0 Å². The van der Waals surface area contributed by atoms with Gasteiger partial charge in [0.25, 0.3) is 0 Å². The summed E-state index contributed by atoms with van der Waals surface area (Å²) >= 11 is 0. The summed E-state index contributed by atoms with van der Waals surface area (Å²) in [7, 11) is 0. The molecule has 0 heterocycles. The molecule has 2 N–H and O–H groups in total. The van der Waals surface area contributed by atoms with Crippen molar-refractivity contribution in [2.75, 3.05) is 0 Å². The Morgan fingerprint density at radius 1 is 1.33 bits per heavy atom. The van der Waals surface area contributed by atoms with Gasteiger partial charge < -0.3 is 5.73 Å². The molecular formula is C13H24N2. The number of rotatable bonds is 6. The van der Waals surface area contributed by atoms with Crippen LogP contribution >= 0.6 is 0 Å². The normalized spacial score (nSPS) is 14.2. The van der Waals surface area contributed by atoms with Gasteiger partial charge in [-0.2, -0.15) is 0 Å². The summed E-state index contributed by atoms with van der Waals surface area (Å²) in [6, 6.07) is 0.313. The second-order valence-electron chi connectivity index (χ2n) is 3.85. The summed E-state index contributed by atoms with van der Waals surface area (Å²) < 4.78 is 0. The molecule has 0 aromatic rings. The maximum absolute atomic E-state index is 5.45. The van der Waals surface area contributed by atoms with Gasteiger partial charge in [-0.15, -0.1) is 0 Å². The first-order chi connectivity index (χ1) is 7.15. The summed E-state index contributed by atoms with van der Waals surface area (Å²) in [5.41, 5.74) is 7.80. The van der Waals surface area contributed by atoms with Gasteiger partial charge in [0.2, 0.25) is 0 Å². The summed E-state index contributed by atoms with van der Waals surface area (Å²) in [5, 5.41) is 0. The van der Waals surface area contributed by atoms with Crippen molar-refractivity contribution in [3.8, 4) is 0 Å². The Labute approximate surface area is 94.0 Å². The van der Waals surface area contributed by atoms with E-state index in [0.29, 0.717) is 6.04 Å². The fourth-order valence-corrected chi connectivity index (χ4v) is 1.45. The van der Waals surface area contributed by atoms with E-state index in [1.54, 1.807) is 6.20 Å². The number of aliphatic imine (C=N–C) groups is 1. The second kappa shape index (κ2) is 8.27. The lowest BCUT2D eigenvalue weighted by molar-refractivity contribution is 0.832. The molecule has 0 aromatic carbocycles. The molecule has 0 aliphatic heterocycles. The van der Waals surface area contributed by atoms with Crippen molar-refractivity contribution in [3.05, 3.63) is 23.9 Å². The van der Waals surface area contributed by atoms with Crippen LogP contribution in [0.15, 0.2) is 28.9 Å². The molecule has 0 saturated heterocycles. The molecule has 0 aliphatic rings. The van der Waals surface area contributed by atoms with E-state index in [1.807, 2.05) is 6.08 Å². The van der Waals surface area contributed by atoms with Crippen molar-refractivity contribution in [1.29, 1.82) is 0 Å². The molecule has 2 nitrogen and oxygen atoms in total. The van der Waals surface area contributed by atoms with E-state index in [0.717, 1.165) is 25.0 Å². The molecule has 15 heavy (non-hydrogen) atoms. The molecule has 0 aliphatic carbocycles. The maximum atomic E-state index is 5.45. The average Bonchev–Trinajstić information content (AvgIpc) is 2.16. The van der Waals surface area contributed by atoms with Gasteiger partial charge in [-0.3, -0.25) is 4.99 Å². The van der Waals surface area contributed by atoms with Crippen molar-refractivity contribution in [2.45, 2.75) is 53.0 Å². The number of nitrogens with zero attached hydrogens (tertiary/aromatic N) is 1. The lowest BCUT2D eigenvalue weighted by Crippen LogP contribution is -2.05. The van der Waals surface area contributed by atoms with Crippen molar-refractivity contribution in [1.82, 2.24) is 0 Å². The smallest absolute Gasteiger partial charge is 0.0620 e. The van der Waals surface area contributed by atoms with Crippen LogP contribution in [0.1, 0.15) is 47.0 Å². The Balaban J connectivity index is 4.92. The highest BCUT2D eigenvalue weighted by atomic mass is 14.8. The first-order valence-electron chi connectivity index (χ1n) is 5.81. The molecule has 0 aromatic heterocycles. The predicted molar refractivity (Wildman–Crippen MR) is 69.2 cm³/mol. The van der Waals surface area contributed by atoms with Gasteiger partial charge in [0.1, 0.15) is 0 Å². The summed E-state index contributed by atoms with van der Waals surface area (Å²) in [5.74, 6) is 0. The van der Waals surface area contributed by atoms with Crippen molar-refractivity contribution in [3.63, 3.8) is 0 Å². The molecule has 0 fully saturated rings. The van der Waals surface area contributed by atoms with Gasteiger partial charge in [-0.05, 0) is 44.5 Å². The third-order valence-corrected chi connectivity index (χ3v) is 1.95. The largest absolute Gasteiger partial charge is 0.405 e. The van der Waals surface area contributed by atoms with Crippen LogP contribution in [0, 0.1) is 0 Å². The zero-order chi connectivity index (χ0) is 11.7. The molecule has 0 saturated carbocycles. The van der Waals surface area contributed by atoms with E-state index in [4.69, 9.17) is 5.73 Å². The number of hydrogen-bond acceptors (Lipinski definition) is 2. The van der Waals surface area contributed by atoms with Crippen LogP contribution in [0.3, 0.4) is 0 Å². The highest BCUT2D eigenvalue weighted by Gasteiger charge is 2.03. The van der Waals surface area contributed by atoms with Gasteiger partial charge >= 0.3 is 0 Å². The minimum atomic E-state index is 0.313. The molecule has 0 spiro atoms. The maximum Gasteiger partial charge on any atom is 0.0620 e. The summed E-state index contributed by atoms with van der Waals surface area (Å²) in [6.45, 7) is 8.50. The lowest BCUT2D eigenvalue weighted by atomic mass is 10.0. The standard InChI is InChI=1S/C13H24N2/c1-5-7-12(8-6-2)13(9-10-14)15-11(3)4/h7,9-11H,5-6,8,14H2,1-4H3/b10-9?,12-7-,15-13?. The van der Waals surface area contributed by atoms with Crippen LogP contribution in [0.4, 0.5) is 0 Å². The zero-order valence-corrected chi connectivity index (χ0v) is 10.5. The molecule has 0 amide bonds. The van der Waals surface area contributed by atoms with E-state index in [-0.39, 0.29) is 0 Å². The molecular weight excluding hydrogens is 184 g/mol. The van der Waals surface area contributed by atoms with E-state index in [2.05, 4.69) is 38.8 Å². The van der Waals surface area contributed by atoms with Gasteiger partial charge in [-0.25, -0.2) is 0 Å². The number of allylic oxidation sites excluding steroid dienone is 3. The first-order valence-corrected chi connectivity index (χ1v) is 5.81. The Bertz CT molecular complexity index is 247. The summed E-state index contributed by atoms with van der Waals surface area (Å²) in [4.78, 5) is 4.59. The topological polar surface area (TPSA) is 38.4 Å². The minimum absolute atomic E-state index is 0.313. The van der Waals surface area contributed by atoms with Crippen LogP contribution in [0.25, 0.3) is 0 Å². The SMILES string of the molecule is CC/C=C(/CCC)C(C=CN)=NC(C)C. The third kappa shape index (κ3) is 6.10. The van der Waals surface area contributed by atoms with Crippen LogP contribution in [-0.4, -0.2) is 11.8 Å². The van der Waals surface area contributed by atoms with Crippen LogP contribution in [0.2, 0.25) is 0 Å². The van der Waals surface area contributed by atoms with Crippen molar-refractivity contribution in [2.24, 2.45) is 10.7 Å². The Kier molecular flexibility index (Phi) is 7.69.